The van der Waals surface area contributed by atoms with Crippen molar-refractivity contribution in [2.24, 2.45) is 5.73 Å². The Morgan fingerprint density at radius 1 is 1.26 bits per heavy atom. The fourth-order valence-electron chi connectivity index (χ4n) is 2.02. The summed E-state index contributed by atoms with van der Waals surface area (Å²) in [5.41, 5.74) is 7.80. The molecule has 1 aromatic carbocycles. The van der Waals surface area contributed by atoms with E-state index in [4.69, 9.17) is 10.5 Å². The first-order valence-corrected chi connectivity index (χ1v) is 6.57. The van der Waals surface area contributed by atoms with Gasteiger partial charge in [0.2, 0.25) is 5.88 Å². The first-order valence-electron chi connectivity index (χ1n) is 6.57. The Balaban J connectivity index is 2.11. The molecule has 0 radical (unpaired) electrons. The second kappa shape index (κ2) is 6.50. The van der Waals surface area contributed by atoms with Crippen molar-refractivity contribution in [3.05, 3.63) is 35.9 Å². The lowest BCUT2D eigenvalue weighted by Gasteiger charge is -2.11. The fourth-order valence-corrected chi connectivity index (χ4v) is 2.02. The summed E-state index contributed by atoms with van der Waals surface area (Å²) in [4.78, 5) is 6.65. The summed E-state index contributed by atoms with van der Waals surface area (Å²) in [6.45, 7) is 2.18. The van der Waals surface area contributed by atoms with Gasteiger partial charge in [-0.15, -0.1) is 0 Å². The molecule has 19 heavy (non-hydrogen) atoms. The van der Waals surface area contributed by atoms with E-state index < -0.39 is 0 Å². The quantitative estimate of drug-likeness (QED) is 0.806. The number of nitrogens with two attached hydrogens (primary N) is 1. The molecule has 0 fully saturated rings. The van der Waals surface area contributed by atoms with Gasteiger partial charge in [0.1, 0.15) is 0 Å². The highest BCUT2D eigenvalue weighted by molar-refractivity contribution is 5.82. The lowest BCUT2D eigenvalue weighted by Crippen LogP contribution is -2.15. The van der Waals surface area contributed by atoms with Crippen molar-refractivity contribution in [2.45, 2.75) is 13.0 Å². The van der Waals surface area contributed by atoms with E-state index in [0.29, 0.717) is 19.0 Å². The molecule has 2 N–H and O–H groups in total. The lowest BCUT2D eigenvalue weighted by molar-refractivity contribution is 0.274. The Morgan fingerprint density at radius 3 is 2.79 bits per heavy atom. The van der Waals surface area contributed by atoms with Crippen LogP contribution in [0.15, 0.2) is 30.3 Å². The average molecular weight is 259 g/mol. The van der Waals surface area contributed by atoms with Crippen molar-refractivity contribution in [1.82, 2.24) is 9.88 Å². The van der Waals surface area contributed by atoms with E-state index in [1.54, 1.807) is 0 Å². The third-order valence-electron chi connectivity index (χ3n) is 3.00. The monoisotopic (exact) mass is 259 g/mol. The minimum atomic E-state index is 0.497. The molecule has 0 atom stereocenters. The number of pyridine rings is 1. The molecule has 1 heterocycles. The van der Waals surface area contributed by atoms with Gasteiger partial charge in [-0.05, 0) is 32.1 Å². The number of rotatable bonds is 6. The number of aromatic nitrogens is 1. The molecule has 0 saturated carbocycles. The molecule has 0 aliphatic carbocycles. The standard InChI is InChI=1S/C15H21N3O/c1-18(2)8-5-9-19-15-10-12(11-16)13-6-3-4-7-14(13)17-15/h3-4,6-7,10H,5,8-9,11,16H2,1-2H3. The first kappa shape index (κ1) is 13.8. The summed E-state index contributed by atoms with van der Waals surface area (Å²) in [5, 5.41) is 1.10. The average Bonchev–Trinajstić information content (AvgIpc) is 2.42. The first-order chi connectivity index (χ1) is 9.20. The second-order valence-electron chi connectivity index (χ2n) is 4.85. The zero-order valence-corrected chi connectivity index (χ0v) is 11.6. The van der Waals surface area contributed by atoms with E-state index in [1.165, 1.54) is 0 Å². The van der Waals surface area contributed by atoms with Gasteiger partial charge in [0.25, 0.3) is 0 Å². The van der Waals surface area contributed by atoms with Crippen LogP contribution in [-0.4, -0.2) is 37.1 Å². The fraction of sp³-hybridized carbons (Fsp3) is 0.400. The molecule has 2 rings (SSSR count). The van der Waals surface area contributed by atoms with Crippen LogP contribution in [0.3, 0.4) is 0 Å². The molecule has 102 valence electrons. The van der Waals surface area contributed by atoms with E-state index in [-0.39, 0.29) is 0 Å². The third-order valence-corrected chi connectivity index (χ3v) is 3.00. The Bertz CT molecular complexity index is 540. The normalized spacial score (nSPS) is 11.2. The predicted octanol–water partition coefficient (Wildman–Crippen LogP) is 2.02. The number of para-hydroxylation sites is 1. The summed E-state index contributed by atoms with van der Waals surface area (Å²) in [6, 6.07) is 9.95. The summed E-state index contributed by atoms with van der Waals surface area (Å²) < 4.78 is 5.71. The van der Waals surface area contributed by atoms with Crippen molar-refractivity contribution >= 4 is 10.9 Å². The van der Waals surface area contributed by atoms with E-state index in [2.05, 4.69) is 24.0 Å². The SMILES string of the molecule is CN(C)CCCOc1cc(CN)c2ccccc2n1. The highest BCUT2D eigenvalue weighted by Gasteiger charge is 2.05. The molecule has 0 saturated heterocycles. The molecule has 4 heteroatoms. The molecule has 0 spiro atoms. The summed E-state index contributed by atoms with van der Waals surface area (Å²) in [6.07, 6.45) is 0.986. The molecule has 0 aliphatic rings. The highest BCUT2D eigenvalue weighted by Crippen LogP contribution is 2.21. The van der Waals surface area contributed by atoms with Crippen molar-refractivity contribution in [2.75, 3.05) is 27.2 Å². The van der Waals surface area contributed by atoms with E-state index in [9.17, 15) is 0 Å². The Morgan fingerprint density at radius 2 is 2.05 bits per heavy atom. The van der Waals surface area contributed by atoms with Crippen LogP contribution in [0.2, 0.25) is 0 Å². The molecule has 0 amide bonds. The van der Waals surface area contributed by atoms with Gasteiger partial charge in [0.15, 0.2) is 0 Å². The minimum absolute atomic E-state index is 0.497. The Kier molecular flexibility index (Phi) is 4.71. The number of hydrogen-bond acceptors (Lipinski definition) is 4. The number of ether oxygens (including phenoxy) is 1. The molecular weight excluding hydrogens is 238 g/mol. The zero-order chi connectivity index (χ0) is 13.7. The van der Waals surface area contributed by atoms with Crippen molar-refractivity contribution in [3.63, 3.8) is 0 Å². The minimum Gasteiger partial charge on any atom is -0.478 e. The Labute approximate surface area is 114 Å². The van der Waals surface area contributed by atoms with Crippen LogP contribution in [-0.2, 0) is 6.54 Å². The largest absolute Gasteiger partial charge is 0.478 e. The summed E-state index contributed by atoms with van der Waals surface area (Å²) >= 11 is 0. The van der Waals surface area contributed by atoms with Crippen LogP contribution in [0.5, 0.6) is 5.88 Å². The van der Waals surface area contributed by atoms with Gasteiger partial charge >= 0.3 is 0 Å². The van der Waals surface area contributed by atoms with E-state index >= 15 is 0 Å². The third kappa shape index (κ3) is 3.66. The number of fused-ring (bicyclic) bond motifs is 1. The number of hydrogen-bond donors (Lipinski definition) is 1. The van der Waals surface area contributed by atoms with Crippen LogP contribution < -0.4 is 10.5 Å². The van der Waals surface area contributed by atoms with Gasteiger partial charge in [0.05, 0.1) is 12.1 Å². The maximum absolute atomic E-state index is 5.79. The van der Waals surface area contributed by atoms with Crippen LogP contribution >= 0.6 is 0 Å². The number of benzene rings is 1. The van der Waals surface area contributed by atoms with Gasteiger partial charge in [-0.3, -0.25) is 0 Å². The predicted molar refractivity (Wildman–Crippen MR) is 78.3 cm³/mol. The molecule has 4 nitrogen and oxygen atoms in total. The molecule has 2 aromatic rings. The van der Waals surface area contributed by atoms with Gasteiger partial charge in [-0.25, -0.2) is 4.98 Å². The molecule has 0 unspecified atom stereocenters. The summed E-state index contributed by atoms with van der Waals surface area (Å²) in [7, 11) is 4.11. The van der Waals surface area contributed by atoms with Gasteiger partial charge in [-0.2, -0.15) is 0 Å². The van der Waals surface area contributed by atoms with Gasteiger partial charge in [0, 0.05) is 24.5 Å². The highest BCUT2D eigenvalue weighted by atomic mass is 16.5. The van der Waals surface area contributed by atoms with Crippen LogP contribution in [0.1, 0.15) is 12.0 Å². The Hall–Kier alpha value is -1.65. The van der Waals surface area contributed by atoms with Gasteiger partial charge < -0.3 is 15.4 Å². The van der Waals surface area contributed by atoms with Crippen LogP contribution in [0.25, 0.3) is 10.9 Å². The van der Waals surface area contributed by atoms with Crippen LogP contribution in [0, 0.1) is 0 Å². The smallest absolute Gasteiger partial charge is 0.214 e. The number of nitrogens with zero attached hydrogens (tertiary/aromatic N) is 2. The zero-order valence-electron chi connectivity index (χ0n) is 11.6. The maximum atomic E-state index is 5.79. The molecule has 0 aliphatic heterocycles. The van der Waals surface area contributed by atoms with Gasteiger partial charge in [-0.1, -0.05) is 18.2 Å². The lowest BCUT2D eigenvalue weighted by atomic mass is 10.1. The topological polar surface area (TPSA) is 51.4 Å². The molecular formula is C15H21N3O. The van der Waals surface area contributed by atoms with Crippen molar-refractivity contribution in [1.29, 1.82) is 0 Å². The maximum Gasteiger partial charge on any atom is 0.214 e. The summed E-state index contributed by atoms with van der Waals surface area (Å²) in [5.74, 6) is 0.665. The van der Waals surface area contributed by atoms with Crippen LogP contribution in [0.4, 0.5) is 0 Å². The molecule has 1 aromatic heterocycles. The van der Waals surface area contributed by atoms with Crippen molar-refractivity contribution < 1.29 is 4.74 Å². The van der Waals surface area contributed by atoms with Crippen molar-refractivity contribution in [3.8, 4) is 5.88 Å². The molecule has 0 bridgehead atoms. The second-order valence-corrected chi connectivity index (χ2v) is 4.85. The van der Waals surface area contributed by atoms with E-state index in [1.807, 2.05) is 30.3 Å². The van der Waals surface area contributed by atoms with E-state index in [0.717, 1.165) is 29.4 Å².